The predicted octanol–water partition coefficient (Wildman–Crippen LogP) is 3.47. The van der Waals surface area contributed by atoms with Crippen LogP contribution in [0.2, 0.25) is 0 Å². The molecule has 1 fully saturated rings. The predicted molar refractivity (Wildman–Crippen MR) is 112 cm³/mol. The summed E-state index contributed by atoms with van der Waals surface area (Å²) in [6.45, 7) is 1.52. The molecular formula is C23H23FN4O3. The number of carbonyl (C=O) groups excluding carboxylic acids is 3. The van der Waals surface area contributed by atoms with Crippen LogP contribution >= 0.6 is 0 Å². The quantitative estimate of drug-likeness (QED) is 0.636. The number of urea groups is 1. The summed E-state index contributed by atoms with van der Waals surface area (Å²) < 4.78 is 13.4. The van der Waals surface area contributed by atoms with E-state index in [1.54, 1.807) is 24.3 Å². The Balaban J connectivity index is 1.76. The van der Waals surface area contributed by atoms with Gasteiger partial charge in [-0.3, -0.25) is 14.5 Å². The van der Waals surface area contributed by atoms with E-state index in [9.17, 15) is 18.8 Å². The monoisotopic (exact) mass is 422 g/mol. The third kappa shape index (κ3) is 4.72. The maximum Gasteiger partial charge on any atom is 0.325 e. The van der Waals surface area contributed by atoms with E-state index in [4.69, 9.17) is 5.26 Å². The average molecular weight is 422 g/mol. The van der Waals surface area contributed by atoms with Gasteiger partial charge in [0.05, 0.1) is 12.5 Å². The molecule has 3 rings (SSSR count). The maximum atomic E-state index is 13.4. The highest BCUT2D eigenvalue weighted by molar-refractivity contribution is 6.10. The highest BCUT2D eigenvalue weighted by atomic mass is 19.1. The first-order valence-electron chi connectivity index (χ1n) is 10.1. The summed E-state index contributed by atoms with van der Waals surface area (Å²) in [5, 5.41) is 14.1. The van der Waals surface area contributed by atoms with Crippen molar-refractivity contribution >= 4 is 23.5 Å². The molecule has 1 atom stereocenters. The Morgan fingerprint density at radius 3 is 2.45 bits per heavy atom. The van der Waals surface area contributed by atoms with Crippen molar-refractivity contribution in [3.63, 3.8) is 0 Å². The fraction of sp³-hybridized carbons (Fsp3) is 0.304. The number of unbranched alkanes of at least 4 members (excludes halogenated alkanes) is 1. The number of hydrogen-bond donors (Lipinski definition) is 2. The van der Waals surface area contributed by atoms with Crippen LogP contribution in [0.25, 0.3) is 0 Å². The first-order valence-corrected chi connectivity index (χ1v) is 10.1. The molecule has 0 unspecified atom stereocenters. The number of halogens is 1. The number of nitrogens with one attached hydrogen (secondary N) is 2. The molecule has 0 radical (unpaired) electrons. The van der Waals surface area contributed by atoms with Gasteiger partial charge in [0, 0.05) is 5.69 Å². The molecule has 4 amide bonds. The molecule has 0 saturated carbocycles. The molecule has 2 aromatic rings. The number of hydrogen-bond acceptors (Lipinski definition) is 4. The van der Waals surface area contributed by atoms with E-state index in [2.05, 4.69) is 10.6 Å². The van der Waals surface area contributed by atoms with Gasteiger partial charge < -0.3 is 10.6 Å². The number of amides is 4. The molecule has 0 aliphatic carbocycles. The molecule has 2 N–H and O–H groups in total. The molecular weight excluding hydrogens is 399 g/mol. The Morgan fingerprint density at radius 1 is 1.16 bits per heavy atom. The van der Waals surface area contributed by atoms with Gasteiger partial charge in [-0.05, 0) is 41.8 Å². The Hall–Kier alpha value is -3.73. The van der Waals surface area contributed by atoms with E-state index in [0.29, 0.717) is 24.1 Å². The SMILES string of the molecule is CCCC[C@@]1(c2ccc(F)cc2)NC(=O)N(CC(=O)Nc2ccc(CC#N)cc2)C1=O. The smallest absolute Gasteiger partial charge is 0.325 e. The van der Waals surface area contributed by atoms with E-state index in [1.165, 1.54) is 24.3 Å². The Kier molecular flexibility index (Phi) is 6.65. The second-order valence-electron chi connectivity index (χ2n) is 7.42. The normalized spacial score (nSPS) is 17.9. The van der Waals surface area contributed by atoms with Crippen LogP contribution in [0.4, 0.5) is 14.9 Å². The first-order chi connectivity index (χ1) is 14.9. The van der Waals surface area contributed by atoms with Crippen molar-refractivity contribution in [2.75, 3.05) is 11.9 Å². The fourth-order valence-corrected chi connectivity index (χ4v) is 3.60. The van der Waals surface area contributed by atoms with Gasteiger partial charge in [0.15, 0.2) is 0 Å². The number of imide groups is 1. The van der Waals surface area contributed by atoms with Crippen LogP contribution in [-0.2, 0) is 21.5 Å². The number of anilines is 1. The topological polar surface area (TPSA) is 102 Å². The van der Waals surface area contributed by atoms with Gasteiger partial charge in [0.25, 0.3) is 5.91 Å². The number of carbonyl (C=O) groups is 3. The van der Waals surface area contributed by atoms with Crippen LogP contribution in [0.3, 0.4) is 0 Å². The minimum Gasteiger partial charge on any atom is -0.325 e. The van der Waals surface area contributed by atoms with Crippen molar-refractivity contribution in [3.05, 3.63) is 65.5 Å². The van der Waals surface area contributed by atoms with Gasteiger partial charge in [0.1, 0.15) is 17.9 Å². The fourth-order valence-electron chi connectivity index (χ4n) is 3.60. The lowest BCUT2D eigenvalue weighted by Gasteiger charge is -2.27. The van der Waals surface area contributed by atoms with Gasteiger partial charge in [0.2, 0.25) is 5.91 Å². The molecule has 8 heteroatoms. The van der Waals surface area contributed by atoms with E-state index in [1.807, 2.05) is 13.0 Å². The van der Waals surface area contributed by atoms with Crippen molar-refractivity contribution in [2.24, 2.45) is 0 Å². The van der Waals surface area contributed by atoms with Crippen molar-refractivity contribution in [1.82, 2.24) is 10.2 Å². The summed E-state index contributed by atoms with van der Waals surface area (Å²) in [5.41, 5.74) is 0.473. The van der Waals surface area contributed by atoms with Gasteiger partial charge >= 0.3 is 6.03 Å². The van der Waals surface area contributed by atoms with E-state index in [-0.39, 0.29) is 6.42 Å². The van der Waals surface area contributed by atoms with Gasteiger partial charge in [-0.1, -0.05) is 44.0 Å². The molecule has 1 heterocycles. The summed E-state index contributed by atoms with van der Waals surface area (Å²) in [5.74, 6) is -1.50. The number of benzene rings is 2. The molecule has 7 nitrogen and oxygen atoms in total. The highest BCUT2D eigenvalue weighted by Gasteiger charge is 2.52. The lowest BCUT2D eigenvalue weighted by Crippen LogP contribution is -2.44. The summed E-state index contributed by atoms with van der Waals surface area (Å²) in [6, 6.07) is 13.6. The molecule has 31 heavy (non-hydrogen) atoms. The summed E-state index contributed by atoms with van der Waals surface area (Å²) in [6.07, 6.45) is 2.07. The van der Waals surface area contributed by atoms with Crippen molar-refractivity contribution in [2.45, 2.75) is 38.1 Å². The second kappa shape index (κ2) is 9.39. The standard InChI is InChI=1S/C23H23FN4O3/c1-2-3-13-23(17-6-8-18(24)9-7-17)21(30)28(22(31)27-23)15-20(29)26-19-10-4-16(5-11-19)12-14-25/h4-11H,2-3,12-13,15H2,1H3,(H,26,29)(H,27,31)/t23-/m0/s1. The minimum atomic E-state index is -1.32. The molecule has 1 aliphatic rings. The third-order valence-electron chi connectivity index (χ3n) is 5.24. The molecule has 0 bridgehead atoms. The molecule has 160 valence electrons. The number of nitrogens with zero attached hydrogens (tertiary/aromatic N) is 2. The van der Waals surface area contributed by atoms with Gasteiger partial charge in [-0.25, -0.2) is 9.18 Å². The first kappa shape index (κ1) is 22.0. The van der Waals surface area contributed by atoms with Crippen molar-refractivity contribution in [3.8, 4) is 6.07 Å². The second-order valence-corrected chi connectivity index (χ2v) is 7.42. The summed E-state index contributed by atoms with van der Waals surface area (Å²) >= 11 is 0. The lowest BCUT2D eigenvalue weighted by atomic mass is 9.85. The van der Waals surface area contributed by atoms with Crippen LogP contribution in [0.15, 0.2) is 48.5 Å². The Labute approximate surface area is 179 Å². The zero-order valence-electron chi connectivity index (χ0n) is 17.2. The maximum absolute atomic E-state index is 13.4. The summed E-state index contributed by atoms with van der Waals surface area (Å²) in [7, 11) is 0. The van der Waals surface area contributed by atoms with E-state index >= 15 is 0 Å². The van der Waals surface area contributed by atoms with Crippen molar-refractivity contribution in [1.29, 1.82) is 5.26 Å². The molecule has 2 aromatic carbocycles. The van der Waals surface area contributed by atoms with Crippen molar-refractivity contribution < 1.29 is 18.8 Å². The molecule has 1 saturated heterocycles. The Morgan fingerprint density at radius 2 is 1.84 bits per heavy atom. The van der Waals surface area contributed by atoms with Gasteiger partial charge in [-0.2, -0.15) is 5.26 Å². The number of rotatable bonds is 8. The molecule has 0 spiro atoms. The third-order valence-corrected chi connectivity index (χ3v) is 5.24. The zero-order chi connectivity index (χ0) is 22.4. The van der Waals surface area contributed by atoms with E-state index in [0.717, 1.165) is 16.9 Å². The Bertz CT molecular complexity index is 1010. The van der Waals surface area contributed by atoms with E-state index < -0.39 is 35.7 Å². The number of nitriles is 1. The molecule has 1 aliphatic heterocycles. The van der Waals surface area contributed by atoms with Crippen LogP contribution in [0.5, 0.6) is 0 Å². The van der Waals surface area contributed by atoms with Crippen LogP contribution in [0.1, 0.15) is 37.3 Å². The zero-order valence-corrected chi connectivity index (χ0v) is 17.2. The molecule has 0 aromatic heterocycles. The minimum absolute atomic E-state index is 0.264. The largest absolute Gasteiger partial charge is 0.325 e. The summed E-state index contributed by atoms with van der Waals surface area (Å²) in [4.78, 5) is 39.3. The van der Waals surface area contributed by atoms with Crippen LogP contribution < -0.4 is 10.6 Å². The van der Waals surface area contributed by atoms with Gasteiger partial charge in [-0.15, -0.1) is 0 Å². The lowest BCUT2D eigenvalue weighted by molar-refractivity contribution is -0.134. The van der Waals surface area contributed by atoms with Crippen LogP contribution in [0, 0.1) is 17.1 Å². The highest BCUT2D eigenvalue weighted by Crippen LogP contribution is 2.34. The average Bonchev–Trinajstić information content (AvgIpc) is 2.99. The van der Waals surface area contributed by atoms with Crippen LogP contribution in [-0.4, -0.2) is 29.3 Å².